The third kappa shape index (κ3) is 1.17. The van der Waals surface area contributed by atoms with Gasteiger partial charge in [0.15, 0.2) is 0 Å². The van der Waals surface area contributed by atoms with Gasteiger partial charge in [0.25, 0.3) is 5.78 Å². The van der Waals surface area contributed by atoms with E-state index in [2.05, 4.69) is 20.4 Å². The van der Waals surface area contributed by atoms with E-state index in [1.165, 1.54) is 18.3 Å². The number of hydrogen-bond donors (Lipinski definition) is 1. The summed E-state index contributed by atoms with van der Waals surface area (Å²) in [5, 5.41) is 7.41. The maximum atomic E-state index is 4.25. The van der Waals surface area contributed by atoms with Crippen LogP contribution < -0.4 is 5.32 Å². The van der Waals surface area contributed by atoms with Gasteiger partial charge in [-0.1, -0.05) is 0 Å². The number of hydrogen-bond acceptors (Lipinski definition) is 4. The standard InChI is InChI=1S/C9H11N5/c1-2-10-3-7(1)8-4-11-9-12-6-13-14(9)5-8/h4-7,10H,1-3H2. The van der Waals surface area contributed by atoms with Crippen molar-refractivity contribution >= 4 is 5.78 Å². The van der Waals surface area contributed by atoms with Crippen molar-refractivity contribution in [1.29, 1.82) is 0 Å². The second kappa shape index (κ2) is 3.02. The first-order chi connectivity index (χ1) is 6.93. The lowest BCUT2D eigenvalue weighted by atomic mass is 10.0. The van der Waals surface area contributed by atoms with Crippen LogP contribution in [0.25, 0.3) is 5.78 Å². The summed E-state index contributed by atoms with van der Waals surface area (Å²) < 4.78 is 1.73. The summed E-state index contributed by atoms with van der Waals surface area (Å²) in [5.41, 5.74) is 1.24. The fourth-order valence-electron chi connectivity index (χ4n) is 1.88. The lowest BCUT2D eigenvalue weighted by Crippen LogP contribution is -2.08. The normalized spacial score (nSPS) is 21.9. The first-order valence-electron chi connectivity index (χ1n) is 4.79. The van der Waals surface area contributed by atoms with Crippen LogP contribution in [0.4, 0.5) is 0 Å². The summed E-state index contributed by atoms with van der Waals surface area (Å²) in [7, 11) is 0. The van der Waals surface area contributed by atoms with Crippen LogP contribution in [0.2, 0.25) is 0 Å². The molecular weight excluding hydrogens is 178 g/mol. The molecule has 1 saturated heterocycles. The minimum Gasteiger partial charge on any atom is -0.316 e. The van der Waals surface area contributed by atoms with E-state index >= 15 is 0 Å². The van der Waals surface area contributed by atoms with Crippen molar-refractivity contribution in [2.75, 3.05) is 13.1 Å². The summed E-state index contributed by atoms with van der Waals surface area (Å²) >= 11 is 0. The van der Waals surface area contributed by atoms with Crippen LogP contribution in [0.1, 0.15) is 17.9 Å². The molecule has 1 unspecified atom stereocenters. The van der Waals surface area contributed by atoms with Crippen molar-refractivity contribution < 1.29 is 0 Å². The second-order valence-corrected chi connectivity index (χ2v) is 3.58. The Hall–Kier alpha value is -1.49. The zero-order valence-corrected chi connectivity index (χ0v) is 7.72. The van der Waals surface area contributed by atoms with Gasteiger partial charge in [-0.05, 0) is 18.5 Å². The molecule has 1 N–H and O–H groups in total. The predicted molar refractivity (Wildman–Crippen MR) is 51.0 cm³/mol. The summed E-state index contributed by atoms with van der Waals surface area (Å²) in [5.74, 6) is 1.25. The zero-order chi connectivity index (χ0) is 9.38. The number of nitrogens with zero attached hydrogens (tertiary/aromatic N) is 4. The van der Waals surface area contributed by atoms with Crippen LogP contribution in [-0.2, 0) is 0 Å². The minimum atomic E-state index is 0.580. The van der Waals surface area contributed by atoms with Crippen LogP contribution in [0.5, 0.6) is 0 Å². The molecule has 0 aromatic carbocycles. The van der Waals surface area contributed by atoms with Gasteiger partial charge in [0.05, 0.1) is 0 Å². The van der Waals surface area contributed by atoms with E-state index < -0.39 is 0 Å². The van der Waals surface area contributed by atoms with Crippen molar-refractivity contribution in [3.8, 4) is 0 Å². The molecule has 0 aliphatic carbocycles. The lowest BCUT2D eigenvalue weighted by Gasteiger charge is -2.07. The Morgan fingerprint density at radius 1 is 1.43 bits per heavy atom. The molecule has 14 heavy (non-hydrogen) atoms. The van der Waals surface area contributed by atoms with Gasteiger partial charge in [-0.2, -0.15) is 10.1 Å². The molecule has 2 aromatic rings. The van der Waals surface area contributed by atoms with E-state index in [9.17, 15) is 0 Å². The molecule has 5 nitrogen and oxygen atoms in total. The largest absolute Gasteiger partial charge is 0.316 e. The predicted octanol–water partition coefficient (Wildman–Crippen LogP) is 0.201. The summed E-state index contributed by atoms with van der Waals surface area (Å²) in [6, 6.07) is 0. The molecule has 3 heterocycles. The molecule has 3 rings (SSSR count). The van der Waals surface area contributed by atoms with Gasteiger partial charge in [-0.25, -0.2) is 9.50 Å². The SMILES string of the molecule is c1nc2ncc(C3CCNC3)cn2n1. The van der Waals surface area contributed by atoms with Crippen molar-refractivity contribution in [3.63, 3.8) is 0 Å². The quantitative estimate of drug-likeness (QED) is 0.696. The van der Waals surface area contributed by atoms with Crippen molar-refractivity contribution in [1.82, 2.24) is 24.9 Å². The lowest BCUT2D eigenvalue weighted by molar-refractivity contribution is 0.743. The van der Waals surface area contributed by atoms with Gasteiger partial charge >= 0.3 is 0 Å². The Kier molecular flexibility index (Phi) is 1.70. The van der Waals surface area contributed by atoms with Gasteiger partial charge in [-0.3, -0.25) is 0 Å². The Labute approximate surface area is 81.2 Å². The summed E-state index contributed by atoms with van der Waals surface area (Å²) in [6.45, 7) is 2.14. The molecule has 0 amide bonds. The van der Waals surface area contributed by atoms with Gasteiger partial charge in [0, 0.05) is 24.9 Å². The van der Waals surface area contributed by atoms with Crippen molar-refractivity contribution in [2.45, 2.75) is 12.3 Å². The fourth-order valence-corrected chi connectivity index (χ4v) is 1.88. The molecule has 0 spiro atoms. The van der Waals surface area contributed by atoms with Gasteiger partial charge in [0.1, 0.15) is 6.33 Å². The monoisotopic (exact) mass is 189 g/mol. The zero-order valence-electron chi connectivity index (χ0n) is 7.72. The molecule has 0 radical (unpaired) electrons. The number of nitrogens with one attached hydrogen (secondary N) is 1. The molecule has 72 valence electrons. The third-order valence-electron chi connectivity index (χ3n) is 2.69. The molecular formula is C9H11N5. The second-order valence-electron chi connectivity index (χ2n) is 3.58. The van der Waals surface area contributed by atoms with E-state index in [1.807, 2.05) is 12.4 Å². The van der Waals surface area contributed by atoms with Crippen LogP contribution in [0, 0.1) is 0 Å². The van der Waals surface area contributed by atoms with Gasteiger partial charge in [-0.15, -0.1) is 0 Å². The van der Waals surface area contributed by atoms with Gasteiger partial charge in [0.2, 0.25) is 0 Å². The number of rotatable bonds is 1. The highest BCUT2D eigenvalue weighted by Gasteiger charge is 2.17. The van der Waals surface area contributed by atoms with Crippen LogP contribution in [0.3, 0.4) is 0 Å². The van der Waals surface area contributed by atoms with Gasteiger partial charge < -0.3 is 5.32 Å². The maximum absolute atomic E-state index is 4.25. The van der Waals surface area contributed by atoms with Crippen LogP contribution >= 0.6 is 0 Å². The molecule has 0 bridgehead atoms. The maximum Gasteiger partial charge on any atom is 0.252 e. The Balaban J connectivity index is 2.04. The van der Waals surface area contributed by atoms with E-state index in [1.54, 1.807) is 4.52 Å². The van der Waals surface area contributed by atoms with Crippen molar-refractivity contribution in [3.05, 3.63) is 24.3 Å². The van der Waals surface area contributed by atoms with Crippen molar-refractivity contribution in [2.24, 2.45) is 0 Å². The van der Waals surface area contributed by atoms with E-state index in [0.29, 0.717) is 11.7 Å². The Bertz CT molecular complexity index is 443. The molecule has 1 atom stereocenters. The van der Waals surface area contributed by atoms with Crippen LogP contribution in [0.15, 0.2) is 18.7 Å². The average Bonchev–Trinajstić information content (AvgIpc) is 2.88. The smallest absolute Gasteiger partial charge is 0.252 e. The molecule has 1 fully saturated rings. The van der Waals surface area contributed by atoms with E-state index in [4.69, 9.17) is 0 Å². The summed E-state index contributed by atoms with van der Waals surface area (Å²) in [4.78, 5) is 8.26. The highest BCUT2D eigenvalue weighted by molar-refractivity contribution is 5.27. The fraction of sp³-hybridized carbons (Fsp3) is 0.444. The van der Waals surface area contributed by atoms with Crippen LogP contribution in [-0.4, -0.2) is 32.7 Å². The molecule has 1 aliphatic heterocycles. The Morgan fingerprint density at radius 3 is 3.29 bits per heavy atom. The average molecular weight is 189 g/mol. The first kappa shape index (κ1) is 7.87. The highest BCUT2D eigenvalue weighted by atomic mass is 15.3. The van der Waals surface area contributed by atoms with E-state index in [-0.39, 0.29) is 0 Å². The summed E-state index contributed by atoms with van der Waals surface area (Å²) in [6.07, 6.45) is 6.63. The highest BCUT2D eigenvalue weighted by Crippen LogP contribution is 2.20. The molecule has 1 aliphatic rings. The molecule has 5 heteroatoms. The molecule has 0 saturated carbocycles. The Morgan fingerprint density at radius 2 is 2.43 bits per heavy atom. The first-order valence-corrected chi connectivity index (χ1v) is 4.79. The number of aromatic nitrogens is 4. The van der Waals surface area contributed by atoms with E-state index in [0.717, 1.165) is 13.1 Å². The molecule has 2 aromatic heterocycles. The third-order valence-corrected chi connectivity index (χ3v) is 2.69. The number of fused-ring (bicyclic) bond motifs is 1. The topological polar surface area (TPSA) is 55.1 Å². The minimum absolute atomic E-state index is 0.580.